The number of nitrogens with zero attached hydrogens (tertiary/aromatic N) is 2. The van der Waals surface area contributed by atoms with Gasteiger partial charge in [0.2, 0.25) is 0 Å². The first-order valence-corrected chi connectivity index (χ1v) is 7.18. The lowest BCUT2D eigenvalue weighted by Crippen LogP contribution is -2.15. The number of benzene rings is 1. The van der Waals surface area contributed by atoms with Crippen LogP contribution < -0.4 is 11.1 Å². The van der Waals surface area contributed by atoms with Crippen molar-refractivity contribution >= 4 is 38.8 Å². The highest BCUT2D eigenvalue weighted by molar-refractivity contribution is 9.10. The van der Waals surface area contributed by atoms with Crippen LogP contribution in [0.1, 0.15) is 12.0 Å². The third-order valence-corrected chi connectivity index (χ3v) is 3.56. The summed E-state index contributed by atoms with van der Waals surface area (Å²) in [6, 6.07) is 7.80. The predicted molar refractivity (Wildman–Crippen MR) is 85.4 cm³/mol. The maximum absolute atomic E-state index is 5.74. The Balaban J connectivity index is 1.92. The molecule has 2 rings (SSSR count). The smallest absolute Gasteiger partial charge is 0.107 e. The van der Waals surface area contributed by atoms with Crippen molar-refractivity contribution in [1.82, 2.24) is 9.78 Å². The van der Waals surface area contributed by atoms with Gasteiger partial charge in [-0.25, -0.2) is 0 Å². The summed E-state index contributed by atoms with van der Waals surface area (Å²) in [4.78, 5) is 0.391. The summed E-state index contributed by atoms with van der Waals surface area (Å²) in [5, 5.41) is 7.52. The summed E-state index contributed by atoms with van der Waals surface area (Å²) in [6.07, 6.45) is 4.72. The molecule has 0 amide bonds. The lowest BCUT2D eigenvalue weighted by Gasteiger charge is -2.12. The molecule has 0 unspecified atom stereocenters. The van der Waals surface area contributed by atoms with Crippen molar-refractivity contribution in [3.05, 3.63) is 46.7 Å². The van der Waals surface area contributed by atoms with Crippen LogP contribution in [0.3, 0.4) is 0 Å². The zero-order valence-corrected chi connectivity index (χ0v) is 12.7. The lowest BCUT2D eigenvalue weighted by molar-refractivity contribution is 0.592. The molecule has 0 saturated carbocycles. The van der Waals surface area contributed by atoms with Crippen molar-refractivity contribution in [2.24, 2.45) is 5.73 Å². The fraction of sp³-hybridized carbons (Fsp3) is 0.231. The average molecular weight is 339 g/mol. The van der Waals surface area contributed by atoms with E-state index in [0.29, 0.717) is 4.99 Å². The van der Waals surface area contributed by atoms with Crippen molar-refractivity contribution in [3.8, 4) is 0 Å². The van der Waals surface area contributed by atoms with E-state index >= 15 is 0 Å². The molecule has 0 fully saturated rings. The van der Waals surface area contributed by atoms with Crippen LogP contribution in [-0.4, -0.2) is 21.3 Å². The minimum absolute atomic E-state index is 0.391. The van der Waals surface area contributed by atoms with E-state index in [0.717, 1.165) is 35.2 Å². The molecule has 4 nitrogen and oxygen atoms in total. The van der Waals surface area contributed by atoms with Crippen molar-refractivity contribution < 1.29 is 0 Å². The van der Waals surface area contributed by atoms with Gasteiger partial charge >= 0.3 is 0 Å². The first-order chi connectivity index (χ1) is 9.18. The number of halogens is 1. The zero-order valence-electron chi connectivity index (χ0n) is 10.3. The number of nitrogens with two attached hydrogens (primary N) is 1. The molecular formula is C13H15BrN4S. The number of thiocarbonyl (C=S) groups is 1. The normalized spacial score (nSPS) is 10.4. The Kier molecular flexibility index (Phi) is 4.93. The Labute approximate surface area is 126 Å². The van der Waals surface area contributed by atoms with E-state index in [1.54, 1.807) is 6.20 Å². The van der Waals surface area contributed by atoms with Gasteiger partial charge in [-0.3, -0.25) is 4.68 Å². The second-order valence-electron chi connectivity index (χ2n) is 4.08. The van der Waals surface area contributed by atoms with Gasteiger partial charge in [0.15, 0.2) is 0 Å². The number of aromatic nitrogens is 2. The van der Waals surface area contributed by atoms with Crippen molar-refractivity contribution in [1.29, 1.82) is 0 Å². The standard InChI is InChI=1S/C13H15BrN4S/c14-10-4-1-5-11(12(10)13(15)19)16-6-2-8-18-9-3-7-17-18/h1,3-5,7,9,16H,2,6,8H2,(H2,15,19). The van der Waals surface area contributed by atoms with Crippen LogP contribution in [0.2, 0.25) is 0 Å². The van der Waals surface area contributed by atoms with Crippen LogP contribution in [0.15, 0.2) is 41.1 Å². The van der Waals surface area contributed by atoms with E-state index < -0.39 is 0 Å². The van der Waals surface area contributed by atoms with Crippen molar-refractivity contribution in [2.45, 2.75) is 13.0 Å². The molecule has 0 spiro atoms. The Hall–Kier alpha value is -1.40. The number of nitrogens with one attached hydrogen (secondary N) is 1. The highest BCUT2D eigenvalue weighted by Crippen LogP contribution is 2.24. The van der Waals surface area contributed by atoms with Crippen LogP contribution in [-0.2, 0) is 6.54 Å². The molecule has 1 aromatic carbocycles. The number of rotatable bonds is 6. The third-order valence-electron chi connectivity index (χ3n) is 2.70. The van der Waals surface area contributed by atoms with E-state index in [-0.39, 0.29) is 0 Å². The molecular weight excluding hydrogens is 324 g/mol. The monoisotopic (exact) mass is 338 g/mol. The molecule has 0 aliphatic carbocycles. The van der Waals surface area contributed by atoms with Gasteiger partial charge in [0.1, 0.15) is 4.99 Å². The van der Waals surface area contributed by atoms with Crippen LogP contribution in [0.25, 0.3) is 0 Å². The highest BCUT2D eigenvalue weighted by atomic mass is 79.9. The molecule has 0 saturated heterocycles. The molecule has 0 aliphatic rings. The van der Waals surface area contributed by atoms with E-state index in [4.69, 9.17) is 18.0 Å². The zero-order chi connectivity index (χ0) is 13.7. The Bertz CT molecular complexity index is 554. The van der Waals surface area contributed by atoms with E-state index in [9.17, 15) is 0 Å². The summed E-state index contributed by atoms with van der Waals surface area (Å²) >= 11 is 8.54. The Morgan fingerprint density at radius 1 is 1.42 bits per heavy atom. The number of anilines is 1. The molecule has 100 valence electrons. The number of aryl methyl sites for hydroxylation is 1. The molecule has 0 aliphatic heterocycles. The Morgan fingerprint density at radius 3 is 2.95 bits per heavy atom. The van der Waals surface area contributed by atoms with E-state index in [2.05, 4.69) is 26.3 Å². The van der Waals surface area contributed by atoms with E-state index in [1.807, 2.05) is 35.1 Å². The van der Waals surface area contributed by atoms with Crippen molar-refractivity contribution in [3.63, 3.8) is 0 Å². The predicted octanol–water partition coefficient (Wildman–Crippen LogP) is 2.78. The molecule has 1 aromatic heterocycles. The topological polar surface area (TPSA) is 55.9 Å². The van der Waals surface area contributed by atoms with Gasteiger partial charge in [0, 0.05) is 41.2 Å². The second kappa shape index (κ2) is 6.68. The first kappa shape index (κ1) is 14.0. The lowest BCUT2D eigenvalue weighted by atomic mass is 10.1. The second-order valence-corrected chi connectivity index (χ2v) is 5.37. The minimum atomic E-state index is 0.391. The van der Waals surface area contributed by atoms with Gasteiger partial charge < -0.3 is 11.1 Å². The van der Waals surface area contributed by atoms with Crippen LogP contribution in [0, 0.1) is 0 Å². The average Bonchev–Trinajstić information content (AvgIpc) is 2.87. The van der Waals surface area contributed by atoms with Gasteiger partial charge in [-0.15, -0.1) is 0 Å². The quantitative estimate of drug-likeness (QED) is 0.628. The van der Waals surface area contributed by atoms with Crippen LogP contribution >= 0.6 is 28.1 Å². The summed E-state index contributed by atoms with van der Waals surface area (Å²) < 4.78 is 2.83. The van der Waals surface area contributed by atoms with Crippen LogP contribution in [0.5, 0.6) is 0 Å². The first-order valence-electron chi connectivity index (χ1n) is 5.98. The fourth-order valence-corrected chi connectivity index (χ4v) is 2.75. The molecule has 2 aromatic rings. The molecule has 0 bridgehead atoms. The Morgan fingerprint density at radius 2 is 2.26 bits per heavy atom. The fourth-order valence-electron chi connectivity index (χ4n) is 1.82. The third kappa shape index (κ3) is 3.78. The minimum Gasteiger partial charge on any atom is -0.389 e. The van der Waals surface area contributed by atoms with Gasteiger partial charge in [0.25, 0.3) is 0 Å². The molecule has 0 radical (unpaired) electrons. The molecule has 0 atom stereocenters. The highest BCUT2D eigenvalue weighted by Gasteiger charge is 2.08. The maximum Gasteiger partial charge on any atom is 0.107 e. The van der Waals surface area contributed by atoms with E-state index in [1.165, 1.54) is 0 Å². The van der Waals surface area contributed by atoms with Crippen molar-refractivity contribution in [2.75, 3.05) is 11.9 Å². The molecule has 3 N–H and O–H groups in total. The number of hydrogen-bond acceptors (Lipinski definition) is 3. The summed E-state index contributed by atoms with van der Waals surface area (Å²) in [7, 11) is 0. The van der Waals surface area contributed by atoms with Gasteiger partial charge in [-0.05, 0) is 40.5 Å². The maximum atomic E-state index is 5.74. The molecule has 19 heavy (non-hydrogen) atoms. The molecule has 6 heteroatoms. The summed E-state index contributed by atoms with van der Waals surface area (Å²) in [6.45, 7) is 1.72. The van der Waals surface area contributed by atoms with Gasteiger partial charge in [-0.2, -0.15) is 5.10 Å². The summed E-state index contributed by atoms with van der Waals surface area (Å²) in [5.41, 5.74) is 7.56. The number of hydrogen-bond donors (Lipinski definition) is 2. The molecule has 1 heterocycles. The van der Waals surface area contributed by atoms with Gasteiger partial charge in [0.05, 0.1) is 0 Å². The summed E-state index contributed by atoms with van der Waals surface area (Å²) in [5.74, 6) is 0. The van der Waals surface area contributed by atoms with Crippen LogP contribution in [0.4, 0.5) is 5.69 Å². The SMILES string of the molecule is NC(=S)c1c(Br)cccc1NCCCn1cccn1. The van der Waals surface area contributed by atoms with Gasteiger partial charge in [-0.1, -0.05) is 18.3 Å². The largest absolute Gasteiger partial charge is 0.389 e.